The van der Waals surface area contributed by atoms with Gasteiger partial charge in [-0.15, -0.1) is 0 Å². The van der Waals surface area contributed by atoms with E-state index < -0.39 is 63.8 Å². The van der Waals surface area contributed by atoms with Gasteiger partial charge in [-0.25, -0.2) is 31.8 Å². The molecule has 54 heavy (non-hydrogen) atoms. The molecular formula is C38H43F2N5O8S. The number of halogens is 2. The summed E-state index contributed by atoms with van der Waals surface area (Å²) in [7, 11) is -2.15. The van der Waals surface area contributed by atoms with Crippen molar-refractivity contribution in [2.45, 2.75) is 81.2 Å². The summed E-state index contributed by atoms with van der Waals surface area (Å²) in [6.45, 7) is 5.47. The first kappa shape index (κ1) is 39.8. The number of likely N-dealkylation sites (N-methyl/N-ethyl adjacent to an activating group) is 1. The van der Waals surface area contributed by atoms with Gasteiger partial charge in [-0.3, -0.25) is 4.79 Å². The van der Waals surface area contributed by atoms with E-state index in [1.54, 1.807) is 52.0 Å². The number of nitrogens with one attached hydrogen (secondary N) is 1. The molecule has 0 aliphatic heterocycles. The second-order valence-electron chi connectivity index (χ2n) is 14.3. The minimum atomic E-state index is -3.65. The van der Waals surface area contributed by atoms with E-state index in [1.165, 1.54) is 54.5 Å². The number of hydrogen-bond donors (Lipinski definition) is 4. The molecule has 1 saturated carbocycles. The number of nitrogen functional groups attached to an aromatic ring is 1. The number of aryl methyl sites for hydroxylation is 1. The van der Waals surface area contributed by atoms with Crippen LogP contribution in [0.5, 0.6) is 0 Å². The van der Waals surface area contributed by atoms with Gasteiger partial charge in [-0.05, 0) is 111 Å². The molecule has 16 heteroatoms. The number of hydrogen-bond acceptors (Lipinski definition) is 10. The Morgan fingerprint density at radius 1 is 1.06 bits per heavy atom. The molecule has 1 aliphatic carbocycles. The second kappa shape index (κ2) is 15.6. The predicted octanol–water partition coefficient (Wildman–Crippen LogP) is 6.63. The minimum absolute atomic E-state index is 0.0892. The van der Waals surface area contributed by atoms with E-state index in [-0.39, 0.29) is 28.2 Å². The molecule has 1 aliphatic rings. The van der Waals surface area contributed by atoms with Gasteiger partial charge in [-0.1, -0.05) is 18.2 Å². The molecule has 4 aromatic rings. The zero-order valence-electron chi connectivity index (χ0n) is 30.4. The highest BCUT2D eigenvalue weighted by Gasteiger charge is 2.39. The van der Waals surface area contributed by atoms with Crippen LogP contribution in [0.3, 0.4) is 0 Å². The van der Waals surface area contributed by atoms with Crippen molar-refractivity contribution in [3.63, 3.8) is 0 Å². The van der Waals surface area contributed by atoms with Crippen molar-refractivity contribution in [1.29, 1.82) is 0 Å². The van der Waals surface area contributed by atoms with E-state index in [4.69, 9.17) is 10.5 Å². The summed E-state index contributed by atoms with van der Waals surface area (Å²) in [6.07, 6.45) is -3.17. The average molecular weight is 768 g/mol. The van der Waals surface area contributed by atoms with Crippen LogP contribution >= 0.6 is 0 Å². The number of aliphatic hydroxyl groups is 1. The number of nitrogens with zero attached hydrogens (tertiary/aromatic N) is 3. The molecule has 1 unspecified atom stereocenters. The summed E-state index contributed by atoms with van der Waals surface area (Å²) in [5, 5.41) is 23.0. The van der Waals surface area contributed by atoms with E-state index in [0.29, 0.717) is 51.2 Å². The first-order valence-electron chi connectivity index (χ1n) is 17.1. The van der Waals surface area contributed by atoms with Crippen LogP contribution in [0.15, 0.2) is 71.8 Å². The summed E-state index contributed by atoms with van der Waals surface area (Å²) >= 11 is 0. The van der Waals surface area contributed by atoms with Gasteiger partial charge in [0, 0.05) is 36.6 Å². The number of aromatic nitrogens is 1. The third kappa shape index (κ3) is 8.71. The number of aliphatic hydroxyl groups excluding tert-OH is 1. The quantitative estimate of drug-likeness (QED) is 0.113. The van der Waals surface area contributed by atoms with E-state index in [0.717, 1.165) is 0 Å². The number of carbonyl (C=O) groups excluding carboxylic acids is 2. The van der Waals surface area contributed by atoms with Crippen molar-refractivity contribution >= 4 is 55.9 Å². The lowest BCUT2D eigenvalue weighted by atomic mass is 9.92. The number of ether oxygens (including phenoxy) is 1. The highest BCUT2D eigenvalue weighted by molar-refractivity contribution is 7.92. The number of rotatable bonds is 12. The average Bonchev–Trinajstić information content (AvgIpc) is 3.94. The summed E-state index contributed by atoms with van der Waals surface area (Å²) in [6, 6.07) is 14.1. The van der Waals surface area contributed by atoms with Gasteiger partial charge in [0.25, 0.3) is 0 Å². The molecule has 3 aromatic carbocycles. The Labute approximate surface area is 311 Å². The smallest absolute Gasteiger partial charge is 0.425 e. The number of anilines is 3. The Kier molecular flexibility index (Phi) is 11.5. The Balaban J connectivity index is 1.54. The molecule has 0 radical (unpaired) electrons. The lowest BCUT2D eigenvalue weighted by Crippen LogP contribution is -2.40. The lowest BCUT2D eigenvalue weighted by Gasteiger charge is -2.28. The molecule has 1 fully saturated rings. The molecule has 288 valence electrons. The molecule has 2 atom stereocenters. The fourth-order valence-corrected chi connectivity index (χ4v) is 8.03. The number of alkyl halides is 2. The normalized spacial score (nSPS) is 14.4. The monoisotopic (exact) mass is 767 g/mol. The van der Waals surface area contributed by atoms with Crippen LogP contribution in [0.4, 0.5) is 35.6 Å². The number of pyridine rings is 1. The number of benzene rings is 3. The predicted molar refractivity (Wildman–Crippen MR) is 199 cm³/mol. The van der Waals surface area contributed by atoms with Crippen molar-refractivity contribution in [3.8, 4) is 0 Å². The van der Waals surface area contributed by atoms with Crippen LogP contribution < -0.4 is 16.0 Å². The maximum atomic E-state index is 14.4. The molecular weight excluding hydrogens is 725 g/mol. The molecule has 5 N–H and O–H groups in total. The van der Waals surface area contributed by atoms with Crippen LogP contribution in [-0.2, 0) is 25.9 Å². The number of carboxylic acid groups (broad SMARTS) is 1. The van der Waals surface area contributed by atoms with Gasteiger partial charge in [0.05, 0.1) is 22.7 Å². The summed E-state index contributed by atoms with van der Waals surface area (Å²) < 4.78 is 59.4. The van der Waals surface area contributed by atoms with Crippen LogP contribution in [0.2, 0.25) is 0 Å². The number of carbonyl (C=O) groups is 3. The number of fused-ring (bicyclic) bond motifs is 1. The highest BCUT2D eigenvalue weighted by atomic mass is 32.2. The molecule has 1 aromatic heterocycles. The van der Waals surface area contributed by atoms with Crippen LogP contribution in [0.25, 0.3) is 10.8 Å². The third-order valence-electron chi connectivity index (χ3n) is 8.95. The summed E-state index contributed by atoms with van der Waals surface area (Å²) in [5.41, 5.74) is 7.10. The number of sulfone groups is 1. The van der Waals surface area contributed by atoms with E-state index >= 15 is 0 Å². The molecule has 5 rings (SSSR count). The molecule has 3 amide bonds. The largest absolute Gasteiger partial charge is 0.464 e. The third-order valence-corrected chi connectivity index (χ3v) is 11.3. The molecule has 0 saturated heterocycles. The highest BCUT2D eigenvalue weighted by Crippen LogP contribution is 2.37. The Bertz CT molecular complexity index is 2190. The van der Waals surface area contributed by atoms with Crippen molar-refractivity contribution < 1.29 is 46.5 Å². The zero-order chi connectivity index (χ0) is 39.7. The Morgan fingerprint density at radius 2 is 1.76 bits per heavy atom. The van der Waals surface area contributed by atoms with E-state index in [1.807, 2.05) is 0 Å². The molecule has 0 bridgehead atoms. The maximum absolute atomic E-state index is 14.4. The standard InChI is InChI=1S/C38H43F2N5O8S/c1-21-16-23(6-11-28(21)30(20-46)33(39)40)32(35(47)44(5)19-24-17-25(41)7-13-31(24)54(51,52)27-9-10-27)43-26-8-12-29-22(18-26)14-15-42-34(29)45(36(48)49)37(50)53-38(2,3)4/h6-8,11-18,27,30,32-33,43,46H,9-10,19-20,41H2,1-5H3,(H,48,49)/t30-,32?/m0/s1. The number of imide groups is 1. The van der Waals surface area contributed by atoms with Gasteiger partial charge in [0.1, 0.15) is 11.6 Å². The second-order valence-corrected chi connectivity index (χ2v) is 16.5. The molecule has 13 nitrogen and oxygen atoms in total. The SMILES string of the molecule is Cc1cc(C(Nc2ccc3c(N(C(=O)O)C(=O)OC(C)(C)C)nccc3c2)C(=O)N(C)Cc2cc(N)ccc2S(=O)(=O)C2CC2)ccc1[C@H](CO)C(F)F. The van der Waals surface area contributed by atoms with Gasteiger partial charge in [0.15, 0.2) is 15.7 Å². The number of amides is 3. The fourth-order valence-electron chi connectivity index (χ4n) is 6.17. The van der Waals surface area contributed by atoms with Crippen molar-refractivity contribution in [1.82, 2.24) is 9.88 Å². The zero-order valence-corrected chi connectivity index (χ0v) is 31.2. The first-order chi connectivity index (χ1) is 25.3. The first-order valence-corrected chi connectivity index (χ1v) is 18.6. The lowest BCUT2D eigenvalue weighted by molar-refractivity contribution is -0.131. The topological polar surface area (TPSA) is 192 Å². The van der Waals surface area contributed by atoms with E-state index in [9.17, 15) is 41.8 Å². The summed E-state index contributed by atoms with van der Waals surface area (Å²) in [4.78, 5) is 45.5. The van der Waals surface area contributed by atoms with Gasteiger partial charge in [-0.2, -0.15) is 4.90 Å². The van der Waals surface area contributed by atoms with Crippen molar-refractivity contribution in [2.24, 2.45) is 0 Å². The Morgan fingerprint density at radius 3 is 2.35 bits per heavy atom. The van der Waals surface area contributed by atoms with Gasteiger partial charge in [0.2, 0.25) is 12.3 Å². The van der Waals surface area contributed by atoms with E-state index in [2.05, 4.69) is 10.3 Å². The Hall–Kier alpha value is -5.35. The van der Waals surface area contributed by atoms with Crippen molar-refractivity contribution in [3.05, 3.63) is 89.1 Å². The van der Waals surface area contributed by atoms with Gasteiger partial charge >= 0.3 is 12.2 Å². The van der Waals surface area contributed by atoms with Gasteiger partial charge < -0.3 is 30.9 Å². The summed E-state index contributed by atoms with van der Waals surface area (Å²) in [5.74, 6) is -2.14. The fraction of sp³-hybridized carbons (Fsp3) is 0.368. The molecule has 0 spiro atoms. The maximum Gasteiger partial charge on any atom is 0.425 e. The number of nitrogens with two attached hydrogens (primary N) is 1. The van der Waals surface area contributed by atoms with Crippen LogP contribution in [0.1, 0.15) is 67.8 Å². The van der Waals surface area contributed by atoms with Crippen LogP contribution in [-0.4, -0.2) is 77.5 Å². The minimum Gasteiger partial charge on any atom is -0.464 e. The molecule has 1 heterocycles. The van der Waals surface area contributed by atoms with Crippen LogP contribution in [0, 0.1) is 6.92 Å². The van der Waals surface area contributed by atoms with Crippen molar-refractivity contribution in [2.75, 3.05) is 29.6 Å².